The quantitative estimate of drug-likeness (QED) is 0.830. The first-order valence-corrected chi connectivity index (χ1v) is 5.88. The van der Waals surface area contributed by atoms with Crippen molar-refractivity contribution in [1.29, 1.82) is 0 Å². The van der Waals surface area contributed by atoms with E-state index >= 15 is 0 Å². The lowest BCUT2D eigenvalue weighted by Gasteiger charge is -2.21. The van der Waals surface area contributed by atoms with Gasteiger partial charge in [0, 0.05) is 16.9 Å². The lowest BCUT2D eigenvalue weighted by Crippen LogP contribution is -2.29. The minimum Gasteiger partial charge on any atom is -0.379 e. The van der Waals surface area contributed by atoms with Crippen LogP contribution >= 0.6 is 11.3 Å². The molecule has 0 aliphatic heterocycles. The van der Waals surface area contributed by atoms with Crippen LogP contribution in [0.2, 0.25) is 0 Å². The van der Waals surface area contributed by atoms with Gasteiger partial charge in [0.1, 0.15) is 0 Å². The molecule has 1 aromatic rings. The van der Waals surface area contributed by atoms with Gasteiger partial charge in [0.25, 0.3) is 0 Å². The van der Waals surface area contributed by atoms with Crippen molar-refractivity contribution in [3.63, 3.8) is 0 Å². The second-order valence-corrected chi connectivity index (χ2v) is 5.33. The lowest BCUT2D eigenvalue weighted by atomic mass is 10.1. The summed E-state index contributed by atoms with van der Waals surface area (Å²) in [6.07, 6.45) is 2.76. The molecule has 0 saturated heterocycles. The molecular formula is C11H17NOS. The molecule has 1 aromatic heterocycles. The van der Waals surface area contributed by atoms with Gasteiger partial charge in [-0.1, -0.05) is 0 Å². The predicted molar refractivity (Wildman–Crippen MR) is 59.5 cm³/mol. The Morgan fingerprint density at radius 1 is 1.50 bits per heavy atom. The summed E-state index contributed by atoms with van der Waals surface area (Å²) in [5.74, 6) is 0.692. The molecule has 1 saturated carbocycles. The summed E-state index contributed by atoms with van der Waals surface area (Å²) in [5, 5.41) is 0. The Balaban J connectivity index is 2.08. The van der Waals surface area contributed by atoms with Crippen molar-refractivity contribution in [3.8, 4) is 0 Å². The van der Waals surface area contributed by atoms with Crippen molar-refractivity contribution >= 4 is 11.3 Å². The number of rotatable bonds is 4. The molecule has 2 unspecified atom stereocenters. The number of thiophene rings is 1. The van der Waals surface area contributed by atoms with Crippen LogP contribution in [0.3, 0.4) is 0 Å². The highest BCUT2D eigenvalue weighted by atomic mass is 32.1. The molecule has 0 spiro atoms. The normalized spacial score (nSPS) is 20.8. The van der Waals surface area contributed by atoms with E-state index < -0.39 is 0 Å². The van der Waals surface area contributed by atoms with Gasteiger partial charge in [-0.3, -0.25) is 0 Å². The van der Waals surface area contributed by atoms with Gasteiger partial charge < -0.3 is 10.5 Å². The van der Waals surface area contributed by atoms with E-state index in [2.05, 4.69) is 19.1 Å². The molecule has 0 amide bonds. The third-order valence-corrected chi connectivity index (χ3v) is 3.90. The molecule has 0 aromatic carbocycles. The van der Waals surface area contributed by atoms with Crippen molar-refractivity contribution in [2.45, 2.75) is 31.9 Å². The Labute approximate surface area is 89.1 Å². The first-order valence-electron chi connectivity index (χ1n) is 5.07. The largest absolute Gasteiger partial charge is 0.379 e. The molecule has 14 heavy (non-hydrogen) atoms. The average molecular weight is 211 g/mol. The van der Waals surface area contributed by atoms with E-state index in [9.17, 15) is 0 Å². The number of ether oxygens (including phenoxy) is 1. The lowest BCUT2D eigenvalue weighted by molar-refractivity contribution is 0.0633. The third kappa shape index (κ3) is 2.00. The van der Waals surface area contributed by atoms with Crippen LogP contribution in [-0.2, 0) is 4.74 Å². The molecule has 3 heteroatoms. The molecule has 2 nitrogen and oxygen atoms in total. The van der Waals surface area contributed by atoms with Gasteiger partial charge in [0.05, 0.1) is 12.1 Å². The smallest absolute Gasteiger partial charge is 0.0799 e. The Kier molecular flexibility index (Phi) is 2.91. The Hall–Kier alpha value is -0.380. The first-order chi connectivity index (χ1) is 6.72. The van der Waals surface area contributed by atoms with Crippen LogP contribution in [0.15, 0.2) is 12.1 Å². The van der Waals surface area contributed by atoms with Gasteiger partial charge in [-0.05, 0) is 37.8 Å². The van der Waals surface area contributed by atoms with E-state index in [1.807, 2.05) is 0 Å². The maximum absolute atomic E-state index is 6.19. The average Bonchev–Trinajstić information content (AvgIpc) is 2.90. The van der Waals surface area contributed by atoms with E-state index in [1.165, 1.54) is 22.6 Å². The molecule has 1 aliphatic carbocycles. The van der Waals surface area contributed by atoms with Crippen LogP contribution in [0.5, 0.6) is 0 Å². The van der Waals surface area contributed by atoms with Gasteiger partial charge >= 0.3 is 0 Å². The van der Waals surface area contributed by atoms with Crippen LogP contribution < -0.4 is 5.73 Å². The highest BCUT2D eigenvalue weighted by Gasteiger charge is 2.36. The summed E-state index contributed by atoms with van der Waals surface area (Å²) in [4.78, 5) is 2.57. The maximum atomic E-state index is 6.19. The van der Waals surface area contributed by atoms with Gasteiger partial charge in [0.15, 0.2) is 0 Å². The van der Waals surface area contributed by atoms with Gasteiger partial charge in [-0.2, -0.15) is 0 Å². The van der Waals surface area contributed by atoms with E-state index in [4.69, 9.17) is 10.5 Å². The molecule has 78 valence electrons. The first kappa shape index (κ1) is 10.1. The molecule has 0 radical (unpaired) electrons. The topological polar surface area (TPSA) is 35.2 Å². The molecule has 1 aliphatic rings. The molecule has 2 N–H and O–H groups in total. The van der Waals surface area contributed by atoms with Crippen molar-refractivity contribution in [2.24, 2.45) is 11.7 Å². The highest BCUT2D eigenvalue weighted by Crippen LogP contribution is 2.39. The Morgan fingerprint density at radius 2 is 2.21 bits per heavy atom. The maximum Gasteiger partial charge on any atom is 0.0799 e. The number of hydrogen-bond acceptors (Lipinski definition) is 3. The predicted octanol–water partition coefficient (Wildman–Crippen LogP) is 2.48. The molecule has 0 bridgehead atoms. The number of hydrogen-bond donors (Lipinski definition) is 1. The number of nitrogens with two attached hydrogens (primary N) is 1. The van der Waals surface area contributed by atoms with E-state index in [-0.39, 0.29) is 12.1 Å². The van der Waals surface area contributed by atoms with Crippen molar-refractivity contribution in [2.75, 3.05) is 7.11 Å². The van der Waals surface area contributed by atoms with Crippen LogP contribution in [0, 0.1) is 12.8 Å². The fraction of sp³-hybridized carbons (Fsp3) is 0.636. The van der Waals surface area contributed by atoms with Crippen LogP contribution in [0.4, 0.5) is 0 Å². The number of aryl methyl sites for hydroxylation is 1. The minimum atomic E-state index is 0.0613. The third-order valence-electron chi connectivity index (χ3n) is 2.80. The zero-order valence-electron chi connectivity index (χ0n) is 8.69. The standard InChI is InChI=1S/C11H17NOS/c1-7-3-6-9(14-7)10(12)11(13-2)8-4-5-8/h3,6,8,10-11H,4-5,12H2,1-2H3. The SMILES string of the molecule is COC(C1CC1)C(N)c1ccc(C)s1. The second kappa shape index (κ2) is 4.01. The zero-order valence-corrected chi connectivity index (χ0v) is 9.51. The molecule has 1 heterocycles. The fourth-order valence-electron chi connectivity index (χ4n) is 1.85. The summed E-state index contributed by atoms with van der Waals surface area (Å²) >= 11 is 1.78. The zero-order chi connectivity index (χ0) is 10.1. The van der Waals surface area contributed by atoms with Crippen LogP contribution in [0.25, 0.3) is 0 Å². The van der Waals surface area contributed by atoms with Crippen molar-refractivity contribution in [1.82, 2.24) is 0 Å². The van der Waals surface area contributed by atoms with Crippen LogP contribution in [-0.4, -0.2) is 13.2 Å². The van der Waals surface area contributed by atoms with Crippen LogP contribution in [0.1, 0.15) is 28.6 Å². The molecule has 1 fully saturated rings. The number of methoxy groups -OCH3 is 1. The summed E-state index contributed by atoms with van der Waals surface area (Å²) in [7, 11) is 1.77. The van der Waals surface area contributed by atoms with Gasteiger partial charge in [-0.15, -0.1) is 11.3 Å². The van der Waals surface area contributed by atoms with E-state index in [0.717, 1.165) is 0 Å². The fourth-order valence-corrected chi connectivity index (χ4v) is 2.77. The van der Waals surface area contributed by atoms with Crippen molar-refractivity contribution < 1.29 is 4.74 Å². The molecule has 2 rings (SSSR count). The highest BCUT2D eigenvalue weighted by molar-refractivity contribution is 7.12. The molecular weight excluding hydrogens is 194 g/mol. The second-order valence-electron chi connectivity index (χ2n) is 4.01. The van der Waals surface area contributed by atoms with E-state index in [1.54, 1.807) is 18.4 Å². The van der Waals surface area contributed by atoms with Crippen molar-refractivity contribution in [3.05, 3.63) is 21.9 Å². The summed E-state index contributed by atoms with van der Waals surface area (Å²) < 4.78 is 5.48. The van der Waals surface area contributed by atoms with Gasteiger partial charge in [0.2, 0.25) is 0 Å². The van der Waals surface area contributed by atoms with Gasteiger partial charge in [-0.25, -0.2) is 0 Å². The monoisotopic (exact) mass is 211 g/mol. The minimum absolute atomic E-state index is 0.0613. The summed E-state index contributed by atoms with van der Waals surface area (Å²) in [5.41, 5.74) is 6.19. The Morgan fingerprint density at radius 3 is 2.64 bits per heavy atom. The summed E-state index contributed by atoms with van der Waals surface area (Å²) in [6, 6.07) is 4.31. The van der Waals surface area contributed by atoms with E-state index in [0.29, 0.717) is 5.92 Å². The Bertz CT molecular complexity index is 306. The summed E-state index contributed by atoms with van der Waals surface area (Å²) in [6.45, 7) is 2.11. The molecule has 2 atom stereocenters.